The van der Waals surface area contributed by atoms with E-state index in [1.807, 2.05) is 50.2 Å². The molecule has 0 aliphatic carbocycles. The van der Waals surface area contributed by atoms with Crippen LogP contribution in [0.1, 0.15) is 21.7 Å². The van der Waals surface area contributed by atoms with E-state index in [2.05, 4.69) is 4.57 Å². The van der Waals surface area contributed by atoms with Crippen LogP contribution in [0.4, 0.5) is 0 Å². The molecule has 0 N–H and O–H groups in total. The number of aromatic nitrogens is 1. The van der Waals surface area contributed by atoms with Crippen LogP contribution in [-0.4, -0.2) is 31.2 Å². The highest BCUT2D eigenvalue weighted by atomic mass is 16.5. The number of carbonyl (C=O) groups excluding carboxylic acids is 1. The van der Waals surface area contributed by atoms with E-state index in [9.17, 15) is 4.79 Å². The van der Waals surface area contributed by atoms with Gasteiger partial charge < -0.3 is 18.8 Å². The zero-order valence-electron chi connectivity index (χ0n) is 16.0. The lowest BCUT2D eigenvalue weighted by atomic mass is 10.1. The number of para-hydroxylation sites is 1. The van der Waals surface area contributed by atoms with Gasteiger partial charge in [0.2, 0.25) is 5.78 Å². The second kappa shape index (κ2) is 7.99. The Morgan fingerprint density at radius 2 is 1.48 bits per heavy atom. The molecule has 0 aliphatic rings. The molecular weight excluding hydrogens is 342 g/mol. The Morgan fingerprint density at radius 1 is 0.889 bits per heavy atom. The molecule has 5 nitrogen and oxygen atoms in total. The van der Waals surface area contributed by atoms with Crippen molar-refractivity contribution < 1.29 is 19.0 Å². The van der Waals surface area contributed by atoms with Crippen molar-refractivity contribution in [3.63, 3.8) is 0 Å². The van der Waals surface area contributed by atoms with Crippen molar-refractivity contribution in [1.29, 1.82) is 0 Å². The number of rotatable bonds is 7. The molecule has 5 heteroatoms. The SMILES string of the molecule is COc1cc(OC)cc(OCC(=O)c2cc(C)n(-c3ccccc3)c2C)c1. The van der Waals surface area contributed by atoms with Crippen molar-refractivity contribution in [3.05, 3.63) is 71.5 Å². The van der Waals surface area contributed by atoms with Gasteiger partial charge in [-0.2, -0.15) is 0 Å². The highest BCUT2D eigenvalue weighted by molar-refractivity contribution is 5.98. The minimum atomic E-state index is -0.0768. The maximum absolute atomic E-state index is 12.7. The van der Waals surface area contributed by atoms with Crippen LogP contribution in [-0.2, 0) is 0 Å². The minimum Gasteiger partial charge on any atom is -0.496 e. The zero-order chi connectivity index (χ0) is 19.4. The Labute approximate surface area is 159 Å². The van der Waals surface area contributed by atoms with E-state index in [4.69, 9.17) is 14.2 Å². The van der Waals surface area contributed by atoms with Crippen molar-refractivity contribution in [2.75, 3.05) is 20.8 Å². The summed E-state index contributed by atoms with van der Waals surface area (Å²) < 4.78 is 18.2. The average Bonchev–Trinajstić information content (AvgIpc) is 3.00. The molecule has 0 bridgehead atoms. The number of Topliss-reactive ketones (excluding diaryl/α,β-unsaturated/α-hetero) is 1. The number of hydrogen-bond donors (Lipinski definition) is 0. The van der Waals surface area contributed by atoms with Gasteiger partial charge in [0.05, 0.1) is 14.2 Å². The first-order valence-corrected chi connectivity index (χ1v) is 8.67. The second-order valence-corrected chi connectivity index (χ2v) is 6.22. The fraction of sp³-hybridized carbons (Fsp3) is 0.227. The van der Waals surface area contributed by atoms with Crippen LogP contribution in [0.5, 0.6) is 17.2 Å². The summed E-state index contributed by atoms with van der Waals surface area (Å²) in [6, 6.07) is 17.1. The molecular formula is C22H23NO4. The van der Waals surface area contributed by atoms with Crippen molar-refractivity contribution in [2.45, 2.75) is 13.8 Å². The summed E-state index contributed by atoms with van der Waals surface area (Å²) in [5.74, 6) is 1.67. The fourth-order valence-corrected chi connectivity index (χ4v) is 3.11. The molecule has 1 heterocycles. The average molecular weight is 365 g/mol. The van der Waals surface area contributed by atoms with Crippen molar-refractivity contribution in [3.8, 4) is 22.9 Å². The normalized spacial score (nSPS) is 10.5. The lowest BCUT2D eigenvalue weighted by Gasteiger charge is -2.11. The standard InChI is InChI=1S/C22H23NO4/c1-15-10-21(16(2)23(15)17-8-6-5-7-9-17)22(24)14-27-20-12-18(25-3)11-19(13-20)26-4/h5-13H,14H2,1-4H3. The van der Waals surface area contributed by atoms with Crippen LogP contribution in [0.3, 0.4) is 0 Å². The number of ether oxygens (including phenoxy) is 3. The van der Waals surface area contributed by atoms with E-state index < -0.39 is 0 Å². The molecule has 140 valence electrons. The quantitative estimate of drug-likeness (QED) is 0.583. The predicted molar refractivity (Wildman–Crippen MR) is 105 cm³/mol. The molecule has 0 amide bonds. The molecule has 3 rings (SSSR count). The number of nitrogens with zero attached hydrogens (tertiary/aromatic N) is 1. The Hall–Kier alpha value is -3.21. The molecule has 0 saturated carbocycles. The molecule has 0 saturated heterocycles. The van der Waals surface area contributed by atoms with Crippen LogP contribution < -0.4 is 14.2 Å². The molecule has 1 aromatic heterocycles. The Balaban J connectivity index is 1.80. The summed E-state index contributed by atoms with van der Waals surface area (Å²) in [7, 11) is 3.14. The maximum atomic E-state index is 12.7. The van der Waals surface area contributed by atoms with Gasteiger partial charge in [0.1, 0.15) is 17.2 Å². The summed E-state index contributed by atoms with van der Waals surface area (Å²) >= 11 is 0. The van der Waals surface area contributed by atoms with Crippen molar-refractivity contribution >= 4 is 5.78 Å². The number of benzene rings is 2. The van der Waals surface area contributed by atoms with E-state index in [0.717, 1.165) is 17.1 Å². The number of aryl methyl sites for hydroxylation is 1. The number of carbonyl (C=O) groups is 1. The molecule has 2 aromatic carbocycles. The third kappa shape index (κ3) is 3.97. The monoisotopic (exact) mass is 365 g/mol. The molecule has 3 aromatic rings. The Bertz CT molecular complexity index is 922. The summed E-state index contributed by atoms with van der Waals surface area (Å²) in [6.07, 6.45) is 0. The van der Waals surface area contributed by atoms with Gasteiger partial charge in [-0.25, -0.2) is 0 Å². The number of methoxy groups -OCH3 is 2. The molecule has 0 radical (unpaired) electrons. The summed E-state index contributed by atoms with van der Waals surface area (Å²) in [5, 5.41) is 0. The van der Waals surface area contributed by atoms with E-state index >= 15 is 0 Å². The maximum Gasteiger partial charge on any atom is 0.202 e. The van der Waals surface area contributed by atoms with Gasteiger partial charge in [0.15, 0.2) is 6.61 Å². The zero-order valence-corrected chi connectivity index (χ0v) is 16.0. The molecule has 0 atom stereocenters. The molecule has 0 spiro atoms. The predicted octanol–water partition coefficient (Wildman–Crippen LogP) is 4.37. The molecule has 0 fully saturated rings. The molecule has 0 unspecified atom stereocenters. The number of ketones is 1. The Kier molecular flexibility index (Phi) is 5.50. The summed E-state index contributed by atoms with van der Waals surface area (Å²) in [4.78, 5) is 12.7. The van der Waals surface area contributed by atoms with E-state index in [1.165, 1.54) is 0 Å². The second-order valence-electron chi connectivity index (χ2n) is 6.22. The van der Waals surface area contributed by atoms with Gasteiger partial charge in [-0.1, -0.05) is 18.2 Å². The van der Waals surface area contributed by atoms with Gasteiger partial charge in [0, 0.05) is 40.8 Å². The largest absolute Gasteiger partial charge is 0.496 e. The van der Waals surface area contributed by atoms with Crippen molar-refractivity contribution in [1.82, 2.24) is 4.57 Å². The summed E-state index contributed by atoms with van der Waals surface area (Å²) in [6.45, 7) is 3.88. The Morgan fingerprint density at radius 3 is 2.07 bits per heavy atom. The first-order chi connectivity index (χ1) is 13.0. The summed E-state index contributed by atoms with van der Waals surface area (Å²) in [5.41, 5.74) is 3.59. The van der Waals surface area contributed by atoms with Crippen LogP contribution in [0.2, 0.25) is 0 Å². The number of hydrogen-bond acceptors (Lipinski definition) is 4. The fourth-order valence-electron chi connectivity index (χ4n) is 3.11. The van der Waals surface area contributed by atoms with E-state index in [1.54, 1.807) is 32.4 Å². The van der Waals surface area contributed by atoms with Crippen LogP contribution in [0.15, 0.2) is 54.6 Å². The van der Waals surface area contributed by atoms with Crippen LogP contribution in [0, 0.1) is 13.8 Å². The lowest BCUT2D eigenvalue weighted by molar-refractivity contribution is 0.0920. The van der Waals surface area contributed by atoms with Crippen molar-refractivity contribution in [2.24, 2.45) is 0 Å². The third-order valence-electron chi connectivity index (χ3n) is 4.44. The third-order valence-corrected chi connectivity index (χ3v) is 4.44. The van der Waals surface area contributed by atoms with Gasteiger partial charge in [-0.15, -0.1) is 0 Å². The topological polar surface area (TPSA) is 49.7 Å². The van der Waals surface area contributed by atoms with Crippen LogP contribution >= 0.6 is 0 Å². The van der Waals surface area contributed by atoms with Gasteiger partial charge in [-0.3, -0.25) is 4.79 Å². The van der Waals surface area contributed by atoms with Gasteiger partial charge in [0.25, 0.3) is 0 Å². The highest BCUT2D eigenvalue weighted by Gasteiger charge is 2.17. The molecule has 0 aliphatic heterocycles. The minimum absolute atomic E-state index is 0.0601. The lowest BCUT2D eigenvalue weighted by Crippen LogP contribution is -2.13. The van der Waals surface area contributed by atoms with Crippen LogP contribution in [0.25, 0.3) is 5.69 Å². The smallest absolute Gasteiger partial charge is 0.202 e. The first-order valence-electron chi connectivity index (χ1n) is 8.67. The van der Waals surface area contributed by atoms with Gasteiger partial charge in [-0.05, 0) is 32.0 Å². The highest BCUT2D eigenvalue weighted by Crippen LogP contribution is 2.28. The first kappa shape index (κ1) is 18.6. The molecule has 27 heavy (non-hydrogen) atoms. The van der Waals surface area contributed by atoms with Gasteiger partial charge >= 0.3 is 0 Å². The van der Waals surface area contributed by atoms with E-state index in [-0.39, 0.29) is 12.4 Å². The van der Waals surface area contributed by atoms with E-state index in [0.29, 0.717) is 22.8 Å².